The molecule has 0 saturated heterocycles. The number of nitrogens with zero attached hydrogens (tertiary/aromatic N) is 1. The predicted molar refractivity (Wildman–Crippen MR) is 105 cm³/mol. The molecule has 0 aliphatic rings. The van der Waals surface area contributed by atoms with E-state index in [1.165, 1.54) is 6.92 Å². The first-order valence-corrected chi connectivity index (χ1v) is 8.02. The van der Waals surface area contributed by atoms with E-state index in [4.69, 9.17) is 17.0 Å². The molecule has 130 valence electrons. The molecule has 0 aliphatic carbocycles. The Labute approximate surface area is 152 Å². The number of nitrogens with one attached hydrogen (secondary N) is 3. The average Bonchev–Trinajstić information content (AvgIpc) is 2.59. The third-order valence-electron chi connectivity index (χ3n) is 3.25. The van der Waals surface area contributed by atoms with Crippen molar-refractivity contribution in [3.05, 3.63) is 54.1 Å². The van der Waals surface area contributed by atoms with Gasteiger partial charge in [-0.25, -0.2) is 0 Å². The van der Waals surface area contributed by atoms with Crippen LogP contribution in [-0.2, 0) is 4.79 Å². The number of thiocarbonyl (C=S) groups is 1. The van der Waals surface area contributed by atoms with Gasteiger partial charge in [-0.05, 0) is 49.0 Å². The molecule has 0 radical (unpaired) electrons. The zero-order chi connectivity index (χ0) is 18.2. The number of hydrogen-bond donors (Lipinski definition) is 3. The van der Waals surface area contributed by atoms with E-state index in [1.807, 2.05) is 55.5 Å². The average molecular weight is 356 g/mol. The van der Waals surface area contributed by atoms with E-state index in [1.54, 1.807) is 7.11 Å². The van der Waals surface area contributed by atoms with Crippen LogP contribution in [0, 0.1) is 0 Å². The van der Waals surface area contributed by atoms with Gasteiger partial charge in [-0.1, -0.05) is 18.2 Å². The first-order valence-electron chi connectivity index (χ1n) is 7.61. The SMILES string of the molecule is COc1cccc(NC(=S)NN=C(C)c2cccc(NC(C)=O)c2)c1. The van der Waals surface area contributed by atoms with Crippen molar-refractivity contribution >= 4 is 40.3 Å². The van der Waals surface area contributed by atoms with Crippen molar-refractivity contribution in [3.63, 3.8) is 0 Å². The third-order valence-corrected chi connectivity index (χ3v) is 3.45. The Morgan fingerprint density at radius 2 is 1.72 bits per heavy atom. The Kier molecular flexibility index (Phi) is 6.47. The van der Waals surface area contributed by atoms with Gasteiger partial charge >= 0.3 is 0 Å². The molecule has 3 N–H and O–H groups in total. The number of anilines is 2. The Hall–Kier alpha value is -2.93. The minimum atomic E-state index is -0.117. The molecule has 0 saturated carbocycles. The normalized spacial score (nSPS) is 10.8. The highest BCUT2D eigenvalue weighted by Crippen LogP contribution is 2.16. The van der Waals surface area contributed by atoms with E-state index < -0.39 is 0 Å². The van der Waals surface area contributed by atoms with Gasteiger partial charge in [0.05, 0.1) is 12.8 Å². The molecule has 0 aromatic heterocycles. The van der Waals surface area contributed by atoms with E-state index in [0.717, 1.165) is 28.4 Å². The topological polar surface area (TPSA) is 74.8 Å². The molecular weight excluding hydrogens is 336 g/mol. The van der Waals surface area contributed by atoms with E-state index in [2.05, 4.69) is 21.2 Å². The number of carbonyl (C=O) groups is 1. The van der Waals surface area contributed by atoms with Gasteiger partial charge in [0, 0.05) is 24.4 Å². The Bertz CT molecular complexity index is 805. The summed E-state index contributed by atoms with van der Waals surface area (Å²) < 4.78 is 5.17. The van der Waals surface area contributed by atoms with Gasteiger partial charge < -0.3 is 15.4 Å². The zero-order valence-corrected chi connectivity index (χ0v) is 15.1. The number of hydrazone groups is 1. The van der Waals surface area contributed by atoms with Crippen LogP contribution in [0.4, 0.5) is 11.4 Å². The number of rotatable bonds is 5. The highest BCUT2D eigenvalue weighted by molar-refractivity contribution is 7.80. The van der Waals surface area contributed by atoms with Crippen LogP contribution >= 0.6 is 12.2 Å². The summed E-state index contributed by atoms with van der Waals surface area (Å²) in [5.41, 5.74) is 5.95. The van der Waals surface area contributed by atoms with E-state index >= 15 is 0 Å². The summed E-state index contributed by atoms with van der Waals surface area (Å²) in [5, 5.41) is 10.4. The lowest BCUT2D eigenvalue weighted by Crippen LogP contribution is -2.25. The first-order chi connectivity index (χ1) is 12.0. The van der Waals surface area contributed by atoms with Crippen molar-refractivity contribution in [2.45, 2.75) is 13.8 Å². The molecule has 0 unspecified atom stereocenters. The molecule has 6 nitrogen and oxygen atoms in total. The van der Waals surface area contributed by atoms with Gasteiger partial charge in [-0.2, -0.15) is 5.10 Å². The van der Waals surface area contributed by atoms with E-state index in [-0.39, 0.29) is 5.91 Å². The van der Waals surface area contributed by atoms with Crippen molar-refractivity contribution in [1.29, 1.82) is 0 Å². The van der Waals surface area contributed by atoms with Crippen LogP contribution in [0.25, 0.3) is 0 Å². The quantitative estimate of drug-likeness (QED) is 0.435. The highest BCUT2D eigenvalue weighted by atomic mass is 32.1. The molecule has 0 heterocycles. The summed E-state index contributed by atoms with van der Waals surface area (Å²) in [4.78, 5) is 11.1. The van der Waals surface area contributed by atoms with Crippen LogP contribution in [0.15, 0.2) is 53.6 Å². The maximum absolute atomic E-state index is 11.1. The smallest absolute Gasteiger partial charge is 0.221 e. The summed E-state index contributed by atoms with van der Waals surface area (Å²) in [6, 6.07) is 14.9. The molecule has 0 atom stereocenters. The van der Waals surface area contributed by atoms with Crippen molar-refractivity contribution in [1.82, 2.24) is 5.43 Å². The number of benzene rings is 2. The second-order valence-corrected chi connectivity index (χ2v) is 5.67. The predicted octanol–water partition coefficient (Wildman–Crippen LogP) is 3.36. The lowest BCUT2D eigenvalue weighted by molar-refractivity contribution is -0.114. The Morgan fingerprint density at radius 1 is 1.04 bits per heavy atom. The largest absolute Gasteiger partial charge is 0.497 e. The minimum absolute atomic E-state index is 0.117. The fourth-order valence-corrected chi connectivity index (χ4v) is 2.25. The van der Waals surface area contributed by atoms with Gasteiger partial charge in [0.1, 0.15) is 5.75 Å². The molecule has 1 amide bonds. The lowest BCUT2D eigenvalue weighted by atomic mass is 10.1. The van der Waals surface area contributed by atoms with Crippen molar-refractivity contribution in [2.75, 3.05) is 17.7 Å². The highest BCUT2D eigenvalue weighted by Gasteiger charge is 2.02. The molecule has 0 aliphatic heterocycles. The fourth-order valence-electron chi connectivity index (χ4n) is 2.08. The molecule has 0 fully saturated rings. The zero-order valence-electron chi connectivity index (χ0n) is 14.3. The van der Waals surface area contributed by atoms with Crippen LogP contribution in [-0.4, -0.2) is 23.8 Å². The third kappa shape index (κ3) is 5.89. The van der Waals surface area contributed by atoms with Gasteiger partial charge in [0.25, 0.3) is 0 Å². The number of ether oxygens (including phenoxy) is 1. The monoisotopic (exact) mass is 356 g/mol. The summed E-state index contributed by atoms with van der Waals surface area (Å²) >= 11 is 5.24. The van der Waals surface area contributed by atoms with Crippen LogP contribution in [0.1, 0.15) is 19.4 Å². The van der Waals surface area contributed by atoms with Crippen molar-refractivity contribution in [2.24, 2.45) is 5.10 Å². The molecule has 2 aromatic carbocycles. The molecule has 0 bridgehead atoms. The lowest BCUT2D eigenvalue weighted by Gasteiger charge is -2.10. The second-order valence-electron chi connectivity index (χ2n) is 5.26. The Morgan fingerprint density at radius 3 is 2.40 bits per heavy atom. The van der Waals surface area contributed by atoms with Crippen molar-refractivity contribution in [3.8, 4) is 5.75 Å². The van der Waals surface area contributed by atoms with Gasteiger partial charge in [0.2, 0.25) is 5.91 Å². The summed E-state index contributed by atoms with van der Waals surface area (Å²) in [5.74, 6) is 0.621. The molecule has 2 aromatic rings. The van der Waals surface area contributed by atoms with Crippen LogP contribution in [0.2, 0.25) is 0 Å². The maximum Gasteiger partial charge on any atom is 0.221 e. The van der Waals surface area contributed by atoms with Gasteiger partial charge in [-0.15, -0.1) is 0 Å². The summed E-state index contributed by atoms with van der Waals surface area (Å²) in [7, 11) is 1.61. The molecule has 7 heteroatoms. The van der Waals surface area contributed by atoms with Crippen LogP contribution < -0.4 is 20.8 Å². The standard InChI is InChI=1S/C18H20N4O2S/c1-12(14-6-4-7-15(10-14)19-13(2)23)21-22-18(25)20-16-8-5-9-17(11-16)24-3/h4-11H,1-3H3,(H,19,23)(H2,20,22,25). The van der Waals surface area contributed by atoms with Gasteiger partial charge in [-0.3, -0.25) is 10.2 Å². The van der Waals surface area contributed by atoms with Gasteiger partial charge in [0.15, 0.2) is 5.11 Å². The first kappa shape index (κ1) is 18.4. The molecule has 2 rings (SSSR count). The van der Waals surface area contributed by atoms with Crippen LogP contribution in [0.3, 0.4) is 0 Å². The number of carbonyl (C=O) groups excluding carboxylic acids is 1. The Balaban J connectivity index is 2.00. The molecule has 25 heavy (non-hydrogen) atoms. The van der Waals surface area contributed by atoms with Crippen molar-refractivity contribution < 1.29 is 9.53 Å². The minimum Gasteiger partial charge on any atom is -0.497 e. The molecule has 0 spiro atoms. The van der Waals surface area contributed by atoms with Crippen LogP contribution in [0.5, 0.6) is 5.75 Å². The second kappa shape index (κ2) is 8.79. The fraction of sp³-hybridized carbons (Fsp3) is 0.167. The van der Waals surface area contributed by atoms with E-state index in [9.17, 15) is 4.79 Å². The van der Waals surface area contributed by atoms with E-state index in [0.29, 0.717) is 5.11 Å². The summed E-state index contributed by atoms with van der Waals surface area (Å²) in [6.07, 6.45) is 0. The maximum atomic E-state index is 11.1. The number of amides is 1. The summed E-state index contributed by atoms with van der Waals surface area (Å²) in [6.45, 7) is 3.33. The number of hydrogen-bond acceptors (Lipinski definition) is 4. The molecular formula is C18H20N4O2S. The number of methoxy groups -OCH3 is 1.